The molecule has 4 rings (SSSR count). The molecule has 0 bridgehead atoms. The molecule has 0 spiro atoms. The van der Waals surface area contributed by atoms with Gasteiger partial charge in [0.25, 0.3) is 0 Å². The maximum Gasteiger partial charge on any atom is 0.226 e. The van der Waals surface area contributed by atoms with Crippen LogP contribution in [0.5, 0.6) is 0 Å². The largest absolute Gasteiger partial charge is 0.373 e. The van der Waals surface area contributed by atoms with Crippen molar-refractivity contribution in [1.29, 1.82) is 0 Å². The summed E-state index contributed by atoms with van der Waals surface area (Å²) < 4.78 is 8.58. The molecule has 2 aliphatic rings. The van der Waals surface area contributed by atoms with Crippen molar-refractivity contribution in [3.63, 3.8) is 0 Å². The fourth-order valence-electron chi connectivity index (χ4n) is 3.49. The molecule has 2 N–H and O–H groups in total. The van der Waals surface area contributed by atoms with Crippen molar-refractivity contribution < 1.29 is 9.53 Å². The molecule has 0 radical (unpaired) electrons. The molecule has 6 nitrogen and oxygen atoms in total. The number of benzene rings is 1. The molecule has 1 aliphatic carbocycles. The van der Waals surface area contributed by atoms with Crippen LogP contribution in [0.2, 0.25) is 0 Å². The topological polar surface area (TPSA) is 71.9 Å². The summed E-state index contributed by atoms with van der Waals surface area (Å²) in [6.07, 6.45) is 3.81. The smallest absolute Gasteiger partial charge is 0.226 e. The Bertz CT molecular complexity index is 797. The van der Waals surface area contributed by atoms with Crippen molar-refractivity contribution in [3.05, 3.63) is 46.5 Å². The molecule has 2 atom stereocenters. The molecule has 1 aliphatic heterocycles. The van der Waals surface area contributed by atoms with Crippen molar-refractivity contribution >= 4 is 18.1 Å². The van der Waals surface area contributed by atoms with E-state index in [2.05, 4.69) is 15.5 Å². The van der Waals surface area contributed by atoms with Gasteiger partial charge in [-0.05, 0) is 43.5 Å². The minimum atomic E-state index is -0.181. The zero-order valence-electron chi connectivity index (χ0n) is 14.0. The molecule has 2 unspecified atom stereocenters. The molecule has 2 aromatic rings. The first-order valence-electron chi connectivity index (χ1n) is 8.84. The van der Waals surface area contributed by atoms with E-state index in [1.54, 1.807) is 0 Å². The van der Waals surface area contributed by atoms with Crippen molar-refractivity contribution in [2.75, 3.05) is 6.61 Å². The third kappa shape index (κ3) is 3.52. The zero-order chi connectivity index (χ0) is 17.2. The van der Waals surface area contributed by atoms with Gasteiger partial charge in [0, 0.05) is 12.6 Å². The number of H-pyrrole nitrogens is 1. The lowest BCUT2D eigenvalue weighted by atomic mass is 9.89. The van der Waals surface area contributed by atoms with Gasteiger partial charge in [0.15, 0.2) is 10.6 Å². The number of carbonyl (C=O) groups is 1. The summed E-state index contributed by atoms with van der Waals surface area (Å²) in [6, 6.07) is 10.4. The summed E-state index contributed by atoms with van der Waals surface area (Å²) in [7, 11) is 0. The van der Waals surface area contributed by atoms with Crippen molar-refractivity contribution in [2.45, 2.75) is 44.4 Å². The Morgan fingerprint density at radius 3 is 2.88 bits per heavy atom. The molecular formula is C18H22N4O2S. The van der Waals surface area contributed by atoms with E-state index in [0.717, 1.165) is 37.1 Å². The van der Waals surface area contributed by atoms with Crippen LogP contribution in [0.3, 0.4) is 0 Å². The molecule has 1 aromatic carbocycles. The molecule has 2 heterocycles. The number of carbonyl (C=O) groups excluding carboxylic acids is 1. The van der Waals surface area contributed by atoms with Crippen LogP contribution < -0.4 is 5.32 Å². The lowest BCUT2D eigenvalue weighted by Gasteiger charge is -2.31. The summed E-state index contributed by atoms with van der Waals surface area (Å²) in [6.45, 7) is 1.09. The Morgan fingerprint density at radius 1 is 1.32 bits per heavy atom. The number of nitrogens with zero attached hydrogens (tertiary/aromatic N) is 2. The van der Waals surface area contributed by atoms with Crippen LogP contribution in [0.4, 0.5) is 0 Å². The highest BCUT2D eigenvalue weighted by atomic mass is 32.1. The van der Waals surface area contributed by atoms with Crippen molar-refractivity contribution in [3.8, 4) is 0 Å². The van der Waals surface area contributed by atoms with E-state index in [1.807, 2.05) is 34.9 Å². The lowest BCUT2D eigenvalue weighted by molar-refractivity contribution is -0.135. The van der Waals surface area contributed by atoms with Crippen LogP contribution in [-0.2, 0) is 16.1 Å². The summed E-state index contributed by atoms with van der Waals surface area (Å²) in [4.78, 5) is 12.8. The number of rotatable bonds is 5. The zero-order valence-corrected chi connectivity index (χ0v) is 14.8. The predicted octanol–water partition coefficient (Wildman–Crippen LogP) is 3.06. The van der Waals surface area contributed by atoms with Crippen LogP contribution >= 0.6 is 12.2 Å². The predicted molar refractivity (Wildman–Crippen MR) is 95.4 cm³/mol. The second-order valence-electron chi connectivity index (χ2n) is 6.71. The average molecular weight is 358 g/mol. The first-order valence-corrected chi connectivity index (χ1v) is 9.25. The average Bonchev–Trinajstić information content (AvgIpc) is 3.43. The molecular weight excluding hydrogens is 336 g/mol. The standard InChI is InChI=1S/C18H22N4O2S/c23-17(19-11-15-20-21-18(25)22(15)13-8-9-13)14-7-4-10-24-16(14)12-5-2-1-3-6-12/h1-3,5-6,13-14,16H,4,7-11H2,(H,19,23)(H,21,25). The Kier molecular flexibility index (Phi) is 4.67. The van der Waals surface area contributed by atoms with E-state index in [9.17, 15) is 4.79 Å². The summed E-state index contributed by atoms with van der Waals surface area (Å²) in [5, 5.41) is 10.1. The van der Waals surface area contributed by atoms with Crippen molar-refractivity contribution in [2.24, 2.45) is 5.92 Å². The van der Waals surface area contributed by atoms with Gasteiger partial charge < -0.3 is 10.1 Å². The van der Waals surface area contributed by atoms with Gasteiger partial charge in [-0.25, -0.2) is 0 Å². The second-order valence-corrected chi connectivity index (χ2v) is 7.10. The molecule has 1 saturated carbocycles. The van der Waals surface area contributed by atoms with Crippen LogP contribution in [-0.4, -0.2) is 27.3 Å². The SMILES string of the molecule is O=C(NCc1n[nH]c(=S)n1C1CC1)C1CCCOC1c1ccccc1. The minimum absolute atomic E-state index is 0.0184. The fourth-order valence-corrected chi connectivity index (χ4v) is 3.79. The minimum Gasteiger partial charge on any atom is -0.373 e. The van der Waals surface area contributed by atoms with Crippen LogP contribution in [0.15, 0.2) is 30.3 Å². The maximum absolute atomic E-state index is 12.8. The van der Waals surface area contributed by atoms with E-state index < -0.39 is 0 Å². The number of ether oxygens (including phenoxy) is 1. The molecule has 2 fully saturated rings. The van der Waals surface area contributed by atoms with E-state index in [-0.39, 0.29) is 17.9 Å². The van der Waals surface area contributed by atoms with Gasteiger partial charge in [0.1, 0.15) is 0 Å². The Hall–Kier alpha value is -1.99. The quantitative estimate of drug-likeness (QED) is 0.806. The highest BCUT2D eigenvalue weighted by molar-refractivity contribution is 7.71. The second kappa shape index (κ2) is 7.09. The van der Waals surface area contributed by atoms with Gasteiger partial charge >= 0.3 is 0 Å². The van der Waals surface area contributed by atoms with E-state index in [1.165, 1.54) is 0 Å². The first kappa shape index (κ1) is 16.5. The highest BCUT2D eigenvalue weighted by Crippen LogP contribution is 2.36. The monoisotopic (exact) mass is 358 g/mol. The van der Waals surface area contributed by atoms with Gasteiger partial charge in [0.2, 0.25) is 5.91 Å². The molecule has 25 heavy (non-hydrogen) atoms. The summed E-state index contributed by atoms with van der Waals surface area (Å²) in [5.74, 6) is 0.645. The summed E-state index contributed by atoms with van der Waals surface area (Å²) in [5.41, 5.74) is 1.06. The van der Waals surface area contributed by atoms with Gasteiger partial charge in [-0.2, -0.15) is 5.10 Å². The number of amides is 1. The first-order chi connectivity index (χ1) is 12.2. The lowest BCUT2D eigenvalue weighted by Crippen LogP contribution is -2.37. The Balaban J connectivity index is 1.45. The van der Waals surface area contributed by atoms with Crippen LogP contribution in [0, 0.1) is 10.7 Å². The number of aromatic amines is 1. The fraction of sp³-hybridized carbons (Fsp3) is 0.500. The number of nitrogens with one attached hydrogen (secondary N) is 2. The molecule has 132 valence electrons. The maximum atomic E-state index is 12.8. The van der Waals surface area contributed by atoms with Gasteiger partial charge in [-0.1, -0.05) is 30.3 Å². The molecule has 1 amide bonds. The summed E-state index contributed by atoms with van der Waals surface area (Å²) >= 11 is 5.29. The molecule has 7 heteroatoms. The Morgan fingerprint density at radius 2 is 2.12 bits per heavy atom. The normalized spacial score (nSPS) is 23.4. The number of hydrogen-bond donors (Lipinski definition) is 2. The van der Waals surface area contributed by atoms with E-state index in [4.69, 9.17) is 17.0 Å². The number of hydrogen-bond acceptors (Lipinski definition) is 4. The van der Waals surface area contributed by atoms with Gasteiger partial charge in [-0.3, -0.25) is 14.5 Å². The van der Waals surface area contributed by atoms with Crippen LogP contribution in [0.1, 0.15) is 49.2 Å². The van der Waals surface area contributed by atoms with Gasteiger partial charge in [-0.15, -0.1) is 0 Å². The highest BCUT2D eigenvalue weighted by Gasteiger charge is 2.33. The van der Waals surface area contributed by atoms with Crippen LogP contribution in [0.25, 0.3) is 0 Å². The van der Waals surface area contributed by atoms with Crippen molar-refractivity contribution in [1.82, 2.24) is 20.1 Å². The third-order valence-electron chi connectivity index (χ3n) is 4.90. The third-order valence-corrected chi connectivity index (χ3v) is 5.19. The Labute approximate surface area is 151 Å². The van der Waals surface area contributed by atoms with E-state index >= 15 is 0 Å². The van der Waals surface area contributed by atoms with Gasteiger partial charge in [0.05, 0.1) is 18.6 Å². The van der Waals surface area contributed by atoms with E-state index in [0.29, 0.717) is 24.0 Å². The number of aromatic nitrogens is 3. The molecule has 1 aromatic heterocycles. The molecule has 1 saturated heterocycles.